The van der Waals surface area contributed by atoms with Crippen LogP contribution in [-0.4, -0.2) is 9.55 Å². The van der Waals surface area contributed by atoms with Crippen LogP contribution < -0.4 is 5.69 Å². The zero-order chi connectivity index (χ0) is 12.0. The number of rotatable bonds is 1. The fourth-order valence-corrected chi connectivity index (χ4v) is 2.63. The van der Waals surface area contributed by atoms with E-state index in [1.54, 1.807) is 12.1 Å². The van der Waals surface area contributed by atoms with Crippen LogP contribution in [0.25, 0.3) is 11.0 Å². The van der Waals surface area contributed by atoms with Crippen molar-refractivity contribution in [3.63, 3.8) is 0 Å². The Morgan fingerprint density at radius 2 is 2.24 bits per heavy atom. The number of hydrogen-bond acceptors (Lipinski definition) is 2. The lowest BCUT2D eigenvalue weighted by Crippen LogP contribution is -2.31. The Kier molecular flexibility index (Phi) is 2.08. The number of aromatic nitrogens is 2. The topological polar surface area (TPSA) is 61.6 Å². The summed E-state index contributed by atoms with van der Waals surface area (Å²) < 4.78 is 1.83. The van der Waals surface area contributed by atoms with Crippen LogP contribution in [0.1, 0.15) is 31.4 Å². The Hall–Kier alpha value is -2.02. The van der Waals surface area contributed by atoms with Gasteiger partial charge in [0.2, 0.25) is 0 Å². The number of fused-ring (bicyclic) bond motifs is 1. The number of aromatic amines is 1. The number of H-pyrrole nitrogens is 1. The fourth-order valence-electron chi connectivity index (χ4n) is 2.63. The van der Waals surface area contributed by atoms with Gasteiger partial charge >= 0.3 is 5.69 Å². The van der Waals surface area contributed by atoms with Crippen LogP contribution in [0.5, 0.6) is 0 Å². The summed E-state index contributed by atoms with van der Waals surface area (Å²) in [7, 11) is 0. The van der Waals surface area contributed by atoms with Gasteiger partial charge in [0, 0.05) is 6.04 Å². The van der Waals surface area contributed by atoms with E-state index >= 15 is 0 Å². The Balaban J connectivity index is 2.16. The largest absolute Gasteiger partial charge is 0.326 e. The quantitative estimate of drug-likeness (QED) is 0.811. The molecular weight excluding hydrogens is 214 g/mol. The highest BCUT2D eigenvalue weighted by Gasteiger charge is 2.29. The molecule has 1 N–H and O–H groups in total. The number of nitrogens with one attached hydrogen (secondary N) is 1. The van der Waals surface area contributed by atoms with Gasteiger partial charge in [-0.25, -0.2) is 4.79 Å². The molecule has 1 heterocycles. The second-order valence-electron chi connectivity index (χ2n) is 4.87. The summed E-state index contributed by atoms with van der Waals surface area (Å²) in [5.74, 6) is 0.704. The first-order chi connectivity index (χ1) is 8.19. The highest BCUT2D eigenvalue weighted by atomic mass is 16.1. The molecule has 1 saturated carbocycles. The van der Waals surface area contributed by atoms with E-state index in [1.807, 2.05) is 10.6 Å². The maximum Gasteiger partial charge on any atom is 0.326 e. The van der Waals surface area contributed by atoms with Crippen molar-refractivity contribution in [3.8, 4) is 6.07 Å². The fraction of sp³-hybridized carbons (Fsp3) is 0.385. The summed E-state index contributed by atoms with van der Waals surface area (Å²) in [4.78, 5) is 14.7. The third-order valence-electron chi connectivity index (χ3n) is 3.56. The van der Waals surface area contributed by atoms with E-state index in [0.717, 1.165) is 23.9 Å². The van der Waals surface area contributed by atoms with Gasteiger partial charge < -0.3 is 4.98 Å². The number of nitrogens with zero attached hydrogens (tertiary/aromatic N) is 2. The molecule has 0 amide bonds. The van der Waals surface area contributed by atoms with Crippen LogP contribution in [0.2, 0.25) is 0 Å². The molecule has 0 spiro atoms. The van der Waals surface area contributed by atoms with Gasteiger partial charge in [0.15, 0.2) is 0 Å². The third-order valence-corrected chi connectivity index (χ3v) is 3.56. The van der Waals surface area contributed by atoms with Crippen molar-refractivity contribution in [3.05, 3.63) is 34.2 Å². The van der Waals surface area contributed by atoms with Gasteiger partial charge in [-0.15, -0.1) is 0 Å². The van der Waals surface area contributed by atoms with E-state index < -0.39 is 0 Å². The molecule has 1 aromatic heterocycles. The zero-order valence-electron chi connectivity index (χ0n) is 9.60. The third kappa shape index (κ3) is 1.47. The summed E-state index contributed by atoms with van der Waals surface area (Å²) >= 11 is 0. The molecule has 4 heteroatoms. The first kappa shape index (κ1) is 10.2. The van der Waals surface area contributed by atoms with Gasteiger partial charge in [-0.1, -0.05) is 6.92 Å². The van der Waals surface area contributed by atoms with Gasteiger partial charge in [-0.2, -0.15) is 5.26 Å². The number of nitriles is 1. The number of hydrogen-bond donors (Lipinski definition) is 1. The first-order valence-electron chi connectivity index (χ1n) is 5.83. The van der Waals surface area contributed by atoms with Crippen molar-refractivity contribution >= 4 is 11.0 Å². The van der Waals surface area contributed by atoms with Crippen LogP contribution in [0.15, 0.2) is 23.0 Å². The Bertz CT molecular complexity index is 668. The molecule has 0 aliphatic heterocycles. The maximum atomic E-state index is 11.9. The van der Waals surface area contributed by atoms with Crippen LogP contribution in [0, 0.1) is 17.2 Å². The number of benzene rings is 1. The molecule has 0 saturated heterocycles. The lowest BCUT2D eigenvalue weighted by atomic mass is 9.81. The molecule has 17 heavy (non-hydrogen) atoms. The molecule has 2 aromatic rings. The van der Waals surface area contributed by atoms with Gasteiger partial charge in [-0.3, -0.25) is 4.57 Å². The van der Waals surface area contributed by atoms with E-state index in [0.29, 0.717) is 17.5 Å². The van der Waals surface area contributed by atoms with E-state index in [4.69, 9.17) is 5.26 Å². The van der Waals surface area contributed by atoms with Crippen LogP contribution in [0.3, 0.4) is 0 Å². The molecule has 0 unspecified atom stereocenters. The van der Waals surface area contributed by atoms with Crippen molar-refractivity contribution in [1.82, 2.24) is 9.55 Å². The second kappa shape index (κ2) is 3.49. The summed E-state index contributed by atoms with van der Waals surface area (Å²) in [5, 5.41) is 8.83. The SMILES string of the molecule is CC1CC(n2c(=O)[nH]c3cc(C#N)ccc32)C1. The number of imidazole rings is 1. The average Bonchev–Trinajstić information content (AvgIpc) is 2.59. The second-order valence-corrected chi connectivity index (χ2v) is 4.87. The zero-order valence-corrected chi connectivity index (χ0v) is 9.60. The molecule has 1 aliphatic carbocycles. The summed E-state index contributed by atoms with van der Waals surface area (Å²) in [6.07, 6.45) is 2.12. The minimum Gasteiger partial charge on any atom is -0.305 e. The molecule has 4 nitrogen and oxygen atoms in total. The minimum absolute atomic E-state index is 0.0630. The smallest absolute Gasteiger partial charge is 0.305 e. The van der Waals surface area contributed by atoms with E-state index in [-0.39, 0.29) is 5.69 Å². The molecule has 1 fully saturated rings. The molecule has 0 bridgehead atoms. The summed E-state index contributed by atoms with van der Waals surface area (Å²) in [6, 6.07) is 7.75. The summed E-state index contributed by atoms with van der Waals surface area (Å²) in [5.41, 5.74) is 2.18. The lowest BCUT2D eigenvalue weighted by molar-refractivity contribution is 0.217. The Morgan fingerprint density at radius 1 is 1.47 bits per heavy atom. The van der Waals surface area contributed by atoms with Gasteiger partial charge in [-0.05, 0) is 37.0 Å². The highest BCUT2D eigenvalue weighted by Crippen LogP contribution is 2.37. The lowest BCUT2D eigenvalue weighted by Gasteiger charge is -2.33. The highest BCUT2D eigenvalue weighted by molar-refractivity contribution is 5.77. The normalized spacial score (nSPS) is 23.3. The Labute approximate surface area is 98.5 Å². The predicted molar refractivity (Wildman–Crippen MR) is 64.7 cm³/mol. The van der Waals surface area contributed by atoms with E-state index in [9.17, 15) is 4.79 Å². The average molecular weight is 227 g/mol. The maximum absolute atomic E-state index is 11.9. The molecule has 3 rings (SSSR count). The van der Waals surface area contributed by atoms with Crippen LogP contribution >= 0.6 is 0 Å². The minimum atomic E-state index is -0.0630. The van der Waals surface area contributed by atoms with E-state index in [2.05, 4.69) is 18.0 Å². The van der Waals surface area contributed by atoms with Crippen molar-refractivity contribution in [2.24, 2.45) is 5.92 Å². The molecule has 0 radical (unpaired) electrons. The monoisotopic (exact) mass is 227 g/mol. The van der Waals surface area contributed by atoms with Crippen molar-refractivity contribution < 1.29 is 0 Å². The molecular formula is C13H13N3O. The Morgan fingerprint density at radius 3 is 2.88 bits per heavy atom. The van der Waals surface area contributed by atoms with Gasteiger partial charge in [0.25, 0.3) is 0 Å². The molecule has 0 atom stereocenters. The molecule has 1 aliphatic rings. The van der Waals surface area contributed by atoms with Crippen LogP contribution in [0.4, 0.5) is 0 Å². The van der Waals surface area contributed by atoms with Crippen molar-refractivity contribution in [2.75, 3.05) is 0 Å². The van der Waals surface area contributed by atoms with E-state index in [1.165, 1.54) is 0 Å². The van der Waals surface area contributed by atoms with Gasteiger partial charge in [0.05, 0.1) is 22.7 Å². The van der Waals surface area contributed by atoms with Gasteiger partial charge in [0.1, 0.15) is 0 Å². The van der Waals surface area contributed by atoms with Crippen LogP contribution in [-0.2, 0) is 0 Å². The van der Waals surface area contributed by atoms with Crippen molar-refractivity contribution in [1.29, 1.82) is 5.26 Å². The standard InChI is InChI=1S/C13H13N3O/c1-8-4-10(5-8)16-12-3-2-9(7-14)6-11(12)15-13(16)17/h2-3,6,8,10H,4-5H2,1H3,(H,15,17). The summed E-state index contributed by atoms with van der Waals surface area (Å²) in [6.45, 7) is 2.20. The molecule has 86 valence electrons. The molecule has 1 aromatic carbocycles. The predicted octanol–water partition coefficient (Wildman–Crippen LogP) is 2.17. The first-order valence-corrected chi connectivity index (χ1v) is 5.83. The van der Waals surface area contributed by atoms with Crippen molar-refractivity contribution in [2.45, 2.75) is 25.8 Å².